The number of methoxy groups -OCH3 is 1. The predicted molar refractivity (Wildman–Crippen MR) is 103 cm³/mol. The molecule has 0 saturated carbocycles. The highest BCUT2D eigenvalue weighted by atomic mass is 35.5. The van der Waals surface area contributed by atoms with Gasteiger partial charge in [-0.3, -0.25) is 9.56 Å². The number of hydrogen-bond acceptors (Lipinski definition) is 4. The molecule has 2 aromatic carbocycles. The molecule has 0 bridgehead atoms. The summed E-state index contributed by atoms with van der Waals surface area (Å²) in [6.07, 6.45) is -4.70. The minimum absolute atomic E-state index is 0.0186. The lowest BCUT2D eigenvalue weighted by Crippen LogP contribution is -2.15. The molecule has 30 heavy (non-hydrogen) atoms. The lowest BCUT2D eigenvalue weighted by Gasteiger charge is -2.18. The molecule has 0 aliphatic carbocycles. The number of benzene rings is 2. The predicted octanol–water partition coefficient (Wildman–Crippen LogP) is 5.31. The van der Waals surface area contributed by atoms with E-state index in [4.69, 9.17) is 16.3 Å². The average Bonchev–Trinajstić information content (AvgIpc) is 3.01. The highest BCUT2D eigenvalue weighted by molar-refractivity contribution is 6.37. The van der Waals surface area contributed by atoms with E-state index in [1.54, 1.807) is 18.4 Å². The number of aromatic nitrogens is 3. The van der Waals surface area contributed by atoms with Gasteiger partial charge in [0.05, 0.1) is 29.1 Å². The Bertz CT molecular complexity index is 1190. The van der Waals surface area contributed by atoms with Crippen LogP contribution in [0.5, 0.6) is 5.75 Å². The molecule has 0 fully saturated rings. The molecule has 2 heterocycles. The Morgan fingerprint density at radius 3 is 2.53 bits per heavy atom. The molecular weight excluding hydrogens is 424 g/mol. The third-order valence-corrected chi connectivity index (χ3v) is 5.27. The van der Waals surface area contributed by atoms with Gasteiger partial charge in [0, 0.05) is 11.1 Å². The van der Waals surface area contributed by atoms with E-state index >= 15 is 0 Å². The summed E-state index contributed by atoms with van der Waals surface area (Å²) in [5.41, 5.74) is -0.848. The Labute approximate surface area is 174 Å². The average molecular weight is 439 g/mol. The smallest absolute Gasteiger partial charge is 0.417 e. The molecular formula is C20H15ClF4N4O. The summed E-state index contributed by atoms with van der Waals surface area (Å²) in [5.74, 6) is 0.501. The van der Waals surface area contributed by atoms with E-state index in [1.165, 1.54) is 31.4 Å². The van der Waals surface area contributed by atoms with Crippen LogP contribution in [0.15, 0.2) is 35.3 Å². The van der Waals surface area contributed by atoms with Gasteiger partial charge in [0.15, 0.2) is 5.82 Å². The highest BCUT2D eigenvalue weighted by Crippen LogP contribution is 2.42. The van der Waals surface area contributed by atoms with Gasteiger partial charge in [-0.2, -0.15) is 13.2 Å². The van der Waals surface area contributed by atoms with Crippen LogP contribution < -0.4 is 4.74 Å². The van der Waals surface area contributed by atoms with Crippen LogP contribution in [0, 0.1) is 12.7 Å². The number of halogens is 5. The summed E-state index contributed by atoms with van der Waals surface area (Å²) >= 11 is 6.28. The summed E-state index contributed by atoms with van der Waals surface area (Å²) in [6.45, 7) is 3.36. The fraction of sp³-hybridized carbons (Fsp3) is 0.250. The van der Waals surface area contributed by atoms with Gasteiger partial charge in [-0.05, 0) is 44.2 Å². The summed E-state index contributed by atoms with van der Waals surface area (Å²) in [7, 11) is 1.40. The van der Waals surface area contributed by atoms with Crippen molar-refractivity contribution in [1.82, 2.24) is 14.8 Å². The van der Waals surface area contributed by atoms with E-state index < -0.39 is 28.6 Å². The molecule has 3 aromatic rings. The minimum Gasteiger partial charge on any atom is -0.497 e. The molecule has 0 N–H and O–H groups in total. The summed E-state index contributed by atoms with van der Waals surface area (Å²) in [6, 6.07) is 5.49. The van der Waals surface area contributed by atoms with Crippen molar-refractivity contribution < 1.29 is 22.3 Å². The molecule has 1 atom stereocenters. The molecule has 1 unspecified atom stereocenters. The number of ether oxygens (including phenoxy) is 1. The van der Waals surface area contributed by atoms with E-state index in [2.05, 4.69) is 15.2 Å². The first kappa shape index (κ1) is 20.3. The Hall–Kier alpha value is -2.94. The van der Waals surface area contributed by atoms with Gasteiger partial charge in [-0.1, -0.05) is 11.6 Å². The summed E-state index contributed by atoms with van der Waals surface area (Å²) < 4.78 is 62.3. The zero-order chi connectivity index (χ0) is 21.8. The summed E-state index contributed by atoms with van der Waals surface area (Å²) in [4.78, 5) is 4.51. The first-order valence-electron chi connectivity index (χ1n) is 8.87. The number of rotatable bonds is 2. The van der Waals surface area contributed by atoms with Crippen molar-refractivity contribution in [3.63, 3.8) is 0 Å². The Kier molecular flexibility index (Phi) is 4.80. The Morgan fingerprint density at radius 1 is 1.13 bits per heavy atom. The van der Waals surface area contributed by atoms with Crippen molar-refractivity contribution >= 4 is 17.3 Å². The van der Waals surface area contributed by atoms with Gasteiger partial charge in [-0.25, -0.2) is 4.39 Å². The first-order valence-corrected chi connectivity index (χ1v) is 9.25. The monoisotopic (exact) mass is 438 g/mol. The molecule has 0 amide bonds. The summed E-state index contributed by atoms with van der Waals surface area (Å²) in [5, 5.41) is 7.55. The largest absolute Gasteiger partial charge is 0.497 e. The van der Waals surface area contributed by atoms with Crippen LogP contribution in [-0.4, -0.2) is 27.6 Å². The maximum absolute atomic E-state index is 14.8. The third-order valence-electron chi connectivity index (χ3n) is 4.88. The molecule has 0 spiro atoms. The highest BCUT2D eigenvalue weighted by Gasteiger charge is 2.37. The maximum atomic E-state index is 14.8. The molecule has 10 heteroatoms. The van der Waals surface area contributed by atoms with Gasteiger partial charge in [0.1, 0.15) is 23.4 Å². The number of aliphatic imine (C=N–C) groups is 1. The number of hydrogen-bond donors (Lipinski definition) is 0. The minimum atomic E-state index is -4.70. The van der Waals surface area contributed by atoms with Crippen LogP contribution in [0.2, 0.25) is 5.02 Å². The third kappa shape index (κ3) is 3.13. The second-order valence-electron chi connectivity index (χ2n) is 6.76. The van der Waals surface area contributed by atoms with Crippen LogP contribution in [0.1, 0.15) is 41.3 Å². The standard InChI is InChI=1S/C20H15ClF4N4O/c1-9-19-28-27-10(2)29(19)15-7-5-13(20(23,24)25)17(21)16(15)18(26-9)12-8-11(30-3)4-6-14(12)22/h4-9H,1-3H3. The number of aryl methyl sites for hydroxylation is 1. The topological polar surface area (TPSA) is 52.3 Å². The van der Waals surface area contributed by atoms with E-state index in [1.807, 2.05) is 0 Å². The fourth-order valence-electron chi connectivity index (χ4n) is 3.48. The molecule has 5 nitrogen and oxygen atoms in total. The van der Waals surface area contributed by atoms with Crippen LogP contribution in [0.3, 0.4) is 0 Å². The molecule has 1 aromatic heterocycles. The lowest BCUT2D eigenvalue weighted by atomic mass is 9.97. The van der Waals surface area contributed by atoms with Crippen molar-refractivity contribution in [2.75, 3.05) is 7.11 Å². The van der Waals surface area contributed by atoms with Crippen molar-refractivity contribution in [2.45, 2.75) is 26.1 Å². The SMILES string of the molecule is COc1ccc(F)c(C2=NC(C)c3nnc(C)n3-c3ccc(C(F)(F)F)c(Cl)c32)c1. The van der Waals surface area contributed by atoms with Crippen molar-refractivity contribution in [1.29, 1.82) is 0 Å². The number of nitrogens with zero attached hydrogens (tertiary/aromatic N) is 4. The quantitative estimate of drug-likeness (QED) is 0.510. The Balaban J connectivity index is 2.12. The number of alkyl halides is 3. The van der Waals surface area contributed by atoms with E-state index in [-0.39, 0.29) is 22.5 Å². The molecule has 4 rings (SSSR count). The first-order chi connectivity index (χ1) is 14.1. The van der Waals surface area contributed by atoms with E-state index in [0.717, 1.165) is 6.07 Å². The van der Waals surface area contributed by atoms with Crippen molar-refractivity contribution in [2.24, 2.45) is 4.99 Å². The van der Waals surface area contributed by atoms with Gasteiger partial charge < -0.3 is 4.74 Å². The molecule has 1 aliphatic rings. The van der Waals surface area contributed by atoms with Crippen LogP contribution in [0.4, 0.5) is 17.6 Å². The normalized spacial score (nSPS) is 15.9. The van der Waals surface area contributed by atoms with Gasteiger partial charge in [-0.15, -0.1) is 10.2 Å². The van der Waals surface area contributed by atoms with E-state index in [0.29, 0.717) is 17.4 Å². The van der Waals surface area contributed by atoms with E-state index in [9.17, 15) is 17.6 Å². The maximum Gasteiger partial charge on any atom is 0.417 e. The van der Waals surface area contributed by atoms with Crippen molar-refractivity contribution in [3.05, 3.63) is 69.5 Å². The molecule has 1 aliphatic heterocycles. The second-order valence-corrected chi connectivity index (χ2v) is 7.14. The van der Waals surface area contributed by atoms with Gasteiger partial charge in [0.25, 0.3) is 0 Å². The van der Waals surface area contributed by atoms with Crippen LogP contribution >= 0.6 is 11.6 Å². The van der Waals surface area contributed by atoms with Gasteiger partial charge >= 0.3 is 6.18 Å². The molecule has 0 saturated heterocycles. The van der Waals surface area contributed by atoms with Crippen LogP contribution in [0.25, 0.3) is 5.69 Å². The molecule has 0 radical (unpaired) electrons. The number of fused-ring (bicyclic) bond motifs is 3. The fourth-order valence-corrected chi connectivity index (χ4v) is 3.83. The van der Waals surface area contributed by atoms with Crippen LogP contribution in [-0.2, 0) is 6.18 Å². The second kappa shape index (κ2) is 7.09. The molecule has 156 valence electrons. The Morgan fingerprint density at radius 2 is 1.87 bits per heavy atom. The lowest BCUT2D eigenvalue weighted by molar-refractivity contribution is -0.137. The zero-order valence-corrected chi connectivity index (χ0v) is 16.8. The zero-order valence-electron chi connectivity index (χ0n) is 16.1. The van der Waals surface area contributed by atoms with Gasteiger partial charge in [0.2, 0.25) is 0 Å². The van der Waals surface area contributed by atoms with Crippen molar-refractivity contribution in [3.8, 4) is 11.4 Å².